The van der Waals surface area contributed by atoms with Crippen LogP contribution in [0.5, 0.6) is 11.5 Å². The molecular weight excluding hydrogens is 397 g/mol. The van der Waals surface area contributed by atoms with Crippen LogP contribution in [0, 0.1) is 0 Å². The molecule has 0 saturated carbocycles. The van der Waals surface area contributed by atoms with Crippen molar-refractivity contribution >= 4 is 50.9 Å². The van der Waals surface area contributed by atoms with E-state index < -0.39 is 16.4 Å². The van der Waals surface area contributed by atoms with Crippen molar-refractivity contribution in [3.8, 4) is 11.5 Å². The van der Waals surface area contributed by atoms with Crippen LogP contribution in [0.2, 0.25) is 10.0 Å². The molecule has 0 bridgehead atoms. The molecule has 0 aromatic heterocycles. The summed E-state index contributed by atoms with van der Waals surface area (Å²) in [6, 6.07) is 6.24. The summed E-state index contributed by atoms with van der Waals surface area (Å²) in [5, 5.41) is 21.2. The van der Waals surface area contributed by atoms with Crippen molar-refractivity contribution in [2.45, 2.75) is 6.42 Å². The lowest BCUT2D eigenvalue weighted by Crippen LogP contribution is -2.07. The van der Waals surface area contributed by atoms with E-state index >= 15 is 0 Å². The summed E-state index contributed by atoms with van der Waals surface area (Å²) >= 11 is 12.1. The molecule has 2 rings (SSSR count). The van der Waals surface area contributed by atoms with Crippen molar-refractivity contribution in [3.63, 3.8) is 0 Å². The average molecular weight is 408 g/mol. The molecule has 0 unspecified atom stereocenters. The Morgan fingerprint density at radius 1 is 1.16 bits per heavy atom. The van der Waals surface area contributed by atoms with Gasteiger partial charge in [0.15, 0.2) is 0 Å². The minimum atomic E-state index is -4.74. The summed E-state index contributed by atoms with van der Waals surface area (Å²) < 4.78 is 34.4. The third-order valence-electron chi connectivity index (χ3n) is 2.91. The van der Waals surface area contributed by atoms with E-state index in [1.807, 2.05) is 0 Å². The first-order chi connectivity index (χ1) is 11.5. The Bertz CT molecular complexity index is 908. The molecule has 2 aromatic rings. The minimum absolute atomic E-state index is 0.0412. The second kappa shape index (κ2) is 7.36. The topological polar surface area (TPSA) is 133 Å². The van der Waals surface area contributed by atoms with E-state index in [9.17, 15) is 18.3 Å². The van der Waals surface area contributed by atoms with Crippen molar-refractivity contribution in [2.75, 3.05) is 5.32 Å². The number of benzene rings is 2. The highest BCUT2D eigenvalue weighted by molar-refractivity contribution is 7.81. The Hall–Kier alpha value is -2.20. The highest BCUT2D eigenvalue weighted by Crippen LogP contribution is 2.38. The van der Waals surface area contributed by atoms with E-state index in [1.54, 1.807) is 0 Å². The normalized spacial score (nSPS) is 11.2. The highest BCUT2D eigenvalue weighted by atomic mass is 35.5. The fourth-order valence-corrected chi connectivity index (χ4v) is 2.89. The first-order valence-corrected chi connectivity index (χ1v) is 8.64. The molecule has 0 aliphatic rings. The Morgan fingerprint density at radius 3 is 2.28 bits per heavy atom. The van der Waals surface area contributed by atoms with Gasteiger partial charge in [0.25, 0.3) is 0 Å². The lowest BCUT2D eigenvalue weighted by Gasteiger charge is -2.15. The van der Waals surface area contributed by atoms with Crippen LogP contribution < -0.4 is 9.50 Å². The van der Waals surface area contributed by atoms with Crippen LogP contribution in [0.4, 0.5) is 11.4 Å². The standard InChI is InChI=1S/C14H11Cl2NO7S/c15-10-5-9(24-25(21,22)23)6-11(16)14(10)17-12-2-1-8(18)3-7(12)4-13(19)20/h1-3,5-6,17-18H,4H2,(H,19,20)(H,21,22,23). The number of nitrogens with one attached hydrogen (secondary N) is 1. The monoisotopic (exact) mass is 407 g/mol. The van der Waals surface area contributed by atoms with Gasteiger partial charge in [0, 0.05) is 17.8 Å². The smallest absolute Gasteiger partial charge is 0.446 e. The van der Waals surface area contributed by atoms with E-state index in [2.05, 4.69) is 9.50 Å². The molecule has 134 valence electrons. The molecule has 0 aliphatic carbocycles. The molecule has 2 aromatic carbocycles. The molecule has 11 heteroatoms. The van der Waals surface area contributed by atoms with Crippen LogP contribution >= 0.6 is 23.2 Å². The third kappa shape index (κ3) is 5.40. The zero-order valence-electron chi connectivity index (χ0n) is 12.2. The Morgan fingerprint density at radius 2 is 1.76 bits per heavy atom. The lowest BCUT2D eigenvalue weighted by molar-refractivity contribution is -0.136. The van der Waals surface area contributed by atoms with Gasteiger partial charge in [0.1, 0.15) is 11.5 Å². The number of aliphatic carboxylic acids is 1. The Balaban J connectivity index is 2.39. The molecule has 25 heavy (non-hydrogen) atoms. The maximum Gasteiger partial charge on any atom is 0.446 e. The summed E-state index contributed by atoms with van der Waals surface area (Å²) in [6.45, 7) is 0. The van der Waals surface area contributed by atoms with Crippen molar-refractivity contribution in [1.29, 1.82) is 0 Å². The average Bonchev–Trinajstić information content (AvgIpc) is 2.42. The fraction of sp³-hybridized carbons (Fsp3) is 0.0714. The van der Waals surface area contributed by atoms with Gasteiger partial charge < -0.3 is 19.7 Å². The second-order valence-corrected chi connectivity index (χ2v) is 6.65. The summed E-state index contributed by atoms with van der Waals surface area (Å²) in [4.78, 5) is 10.9. The molecule has 0 heterocycles. The highest BCUT2D eigenvalue weighted by Gasteiger charge is 2.15. The molecule has 0 fully saturated rings. The largest absolute Gasteiger partial charge is 0.508 e. The number of phenols is 1. The molecule has 0 aliphatic heterocycles. The van der Waals surface area contributed by atoms with E-state index in [0.29, 0.717) is 5.69 Å². The van der Waals surface area contributed by atoms with Crippen molar-refractivity contribution < 1.29 is 32.2 Å². The maximum atomic E-state index is 10.9. The van der Waals surface area contributed by atoms with Crippen LogP contribution in [0.25, 0.3) is 0 Å². The summed E-state index contributed by atoms with van der Waals surface area (Å²) in [7, 11) is -4.74. The van der Waals surface area contributed by atoms with E-state index in [-0.39, 0.29) is 39.2 Å². The van der Waals surface area contributed by atoms with E-state index in [4.69, 9.17) is 32.9 Å². The first-order valence-electron chi connectivity index (χ1n) is 6.52. The Labute approximate surface area is 152 Å². The fourth-order valence-electron chi connectivity index (χ4n) is 1.98. The van der Waals surface area contributed by atoms with Crippen LogP contribution in [-0.2, 0) is 21.6 Å². The summed E-state index contributed by atoms with van der Waals surface area (Å²) in [5.41, 5.74) is 0.758. The number of hydrogen-bond acceptors (Lipinski definition) is 6. The third-order valence-corrected chi connectivity index (χ3v) is 3.91. The predicted molar refractivity (Wildman–Crippen MR) is 91.4 cm³/mol. The first kappa shape index (κ1) is 19.1. The van der Waals surface area contributed by atoms with Gasteiger partial charge in [-0.05, 0) is 23.8 Å². The molecule has 0 saturated heterocycles. The van der Waals surface area contributed by atoms with Crippen molar-refractivity contribution in [1.82, 2.24) is 0 Å². The van der Waals surface area contributed by atoms with Gasteiger partial charge in [0.05, 0.1) is 22.2 Å². The number of carbonyl (C=O) groups is 1. The van der Waals surface area contributed by atoms with Crippen molar-refractivity contribution in [3.05, 3.63) is 45.9 Å². The quantitative estimate of drug-likeness (QED) is 0.423. The molecule has 8 nitrogen and oxygen atoms in total. The summed E-state index contributed by atoms with van der Waals surface area (Å²) in [6.07, 6.45) is -0.365. The number of anilines is 2. The molecule has 0 atom stereocenters. The number of carboxylic acid groups (broad SMARTS) is 1. The second-order valence-electron chi connectivity index (χ2n) is 4.81. The number of aromatic hydroxyl groups is 1. The van der Waals surface area contributed by atoms with Crippen LogP contribution in [0.3, 0.4) is 0 Å². The molecule has 0 spiro atoms. The van der Waals surface area contributed by atoms with Crippen molar-refractivity contribution in [2.24, 2.45) is 0 Å². The predicted octanol–water partition coefficient (Wildman–Crippen LogP) is 3.25. The van der Waals surface area contributed by atoms with Gasteiger partial charge in [-0.2, -0.15) is 8.42 Å². The zero-order chi connectivity index (χ0) is 18.8. The Kier molecular flexibility index (Phi) is 5.63. The van der Waals surface area contributed by atoms with Crippen LogP contribution in [0.1, 0.15) is 5.56 Å². The molecular formula is C14H11Cl2NO7S. The van der Waals surface area contributed by atoms with Gasteiger partial charge in [-0.1, -0.05) is 23.2 Å². The number of halogens is 2. The number of hydrogen-bond donors (Lipinski definition) is 4. The number of carboxylic acids is 1. The maximum absolute atomic E-state index is 10.9. The van der Waals surface area contributed by atoms with Gasteiger partial charge in [0.2, 0.25) is 0 Å². The van der Waals surface area contributed by atoms with Crippen LogP contribution in [0.15, 0.2) is 30.3 Å². The van der Waals surface area contributed by atoms with Gasteiger partial charge in [-0.15, -0.1) is 0 Å². The minimum Gasteiger partial charge on any atom is -0.508 e. The zero-order valence-corrected chi connectivity index (χ0v) is 14.6. The SMILES string of the molecule is O=C(O)Cc1cc(O)ccc1Nc1c(Cl)cc(OS(=O)(=O)O)cc1Cl. The van der Waals surface area contributed by atoms with Gasteiger partial charge in [-0.3, -0.25) is 9.35 Å². The number of rotatable bonds is 6. The van der Waals surface area contributed by atoms with Gasteiger partial charge >= 0.3 is 16.4 Å². The lowest BCUT2D eigenvalue weighted by atomic mass is 10.1. The van der Waals surface area contributed by atoms with E-state index in [1.165, 1.54) is 18.2 Å². The number of phenolic OH excluding ortho intramolecular Hbond substituents is 1. The van der Waals surface area contributed by atoms with Crippen LogP contribution in [-0.4, -0.2) is 29.2 Å². The molecule has 0 amide bonds. The van der Waals surface area contributed by atoms with E-state index in [0.717, 1.165) is 12.1 Å². The molecule has 0 radical (unpaired) electrons. The van der Waals surface area contributed by atoms with Gasteiger partial charge in [-0.25, -0.2) is 0 Å². The summed E-state index contributed by atoms with van der Waals surface area (Å²) in [5.74, 6) is -1.53. The molecule has 4 N–H and O–H groups in total.